The lowest BCUT2D eigenvalue weighted by Gasteiger charge is -2.34. The largest absolute Gasteiger partial charge is 0.371 e. The van der Waals surface area contributed by atoms with E-state index in [4.69, 9.17) is 12.2 Å². The van der Waals surface area contributed by atoms with Gasteiger partial charge in [-0.25, -0.2) is 0 Å². The molecule has 2 aromatic rings. The van der Waals surface area contributed by atoms with E-state index in [2.05, 4.69) is 85.3 Å². The van der Waals surface area contributed by atoms with E-state index < -0.39 is 0 Å². The average Bonchev–Trinajstić information content (AvgIpc) is 2.77. The topological polar surface area (TPSA) is 18.5 Å². The molecule has 2 aromatic carbocycles. The van der Waals surface area contributed by atoms with Gasteiger partial charge in [-0.1, -0.05) is 51.1 Å². The third-order valence-electron chi connectivity index (χ3n) is 6.23. The SMILES string of the molecule is CCCN1CCCc2cc(CN(C(=S)Nc3ccccc3CC)[C@H](C)CC)ccc21. The van der Waals surface area contributed by atoms with E-state index in [-0.39, 0.29) is 0 Å². The van der Waals surface area contributed by atoms with Crippen molar-refractivity contribution in [3.8, 4) is 0 Å². The van der Waals surface area contributed by atoms with Crippen molar-refractivity contribution in [3.05, 3.63) is 59.2 Å². The summed E-state index contributed by atoms with van der Waals surface area (Å²) >= 11 is 5.89. The Bertz CT molecular complexity index is 848. The van der Waals surface area contributed by atoms with Crippen LogP contribution in [0.4, 0.5) is 11.4 Å². The van der Waals surface area contributed by atoms with Crippen molar-refractivity contribution in [1.82, 2.24) is 4.90 Å². The number of nitrogens with one attached hydrogen (secondary N) is 1. The maximum absolute atomic E-state index is 5.89. The molecule has 0 fully saturated rings. The molecule has 0 aliphatic carbocycles. The van der Waals surface area contributed by atoms with Crippen molar-refractivity contribution in [2.24, 2.45) is 0 Å². The summed E-state index contributed by atoms with van der Waals surface area (Å²) in [6, 6.07) is 15.9. The van der Waals surface area contributed by atoms with Crippen LogP contribution in [0.3, 0.4) is 0 Å². The number of anilines is 2. The molecule has 1 N–H and O–H groups in total. The number of nitrogens with zero attached hydrogens (tertiary/aromatic N) is 2. The number of rotatable bonds is 8. The fourth-order valence-electron chi connectivity index (χ4n) is 4.31. The van der Waals surface area contributed by atoms with Crippen molar-refractivity contribution in [2.75, 3.05) is 23.3 Å². The first kappa shape index (κ1) is 22.6. The van der Waals surface area contributed by atoms with Gasteiger partial charge in [0.15, 0.2) is 5.11 Å². The van der Waals surface area contributed by atoms with Crippen LogP contribution in [0.1, 0.15) is 63.6 Å². The number of fused-ring (bicyclic) bond motifs is 1. The van der Waals surface area contributed by atoms with Crippen LogP contribution in [0.15, 0.2) is 42.5 Å². The van der Waals surface area contributed by atoms with Crippen LogP contribution in [0, 0.1) is 0 Å². The van der Waals surface area contributed by atoms with E-state index >= 15 is 0 Å². The zero-order chi connectivity index (χ0) is 21.5. The molecular formula is C26H37N3S. The molecule has 3 rings (SSSR count). The van der Waals surface area contributed by atoms with Crippen LogP contribution in [0.25, 0.3) is 0 Å². The number of thiocarbonyl (C=S) groups is 1. The average molecular weight is 424 g/mol. The predicted octanol–water partition coefficient (Wildman–Crippen LogP) is 6.41. The van der Waals surface area contributed by atoms with Crippen LogP contribution < -0.4 is 10.2 Å². The first-order valence-corrected chi connectivity index (χ1v) is 12.0. The Kier molecular flexibility index (Phi) is 8.15. The maximum Gasteiger partial charge on any atom is 0.173 e. The molecule has 0 saturated heterocycles. The smallest absolute Gasteiger partial charge is 0.173 e. The van der Waals surface area contributed by atoms with E-state index in [1.807, 2.05) is 0 Å². The monoisotopic (exact) mass is 423 g/mol. The Hall–Kier alpha value is -2.07. The van der Waals surface area contributed by atoms with Crippen LogP contribution in [0.2, 0.25) is 0 Å². The number of hydrogen-bond donors (Lipinski definition) is 1. The second-order valence-electron chi connectivity index (χ2n) is 8.38. The number of para-hydroxylation sites is 1. The zero-order valence-corrected chi connectivity index (χ0v) is 19.9. The number of aryl methyl sites for hydroxylation is 2. The molecule has 1 aliphatic heterocycles. The summed E-state index contributed by atoms with van der Waals surface area (Å²) in [7, 11) is 0. The molecular weight excluding hydrogens is 386 g/mol. The highest BCUT2D eigenvalue weighted by Gasteiger charge is 2.20. The van der Waals surface area contributed by atoms with E-state index in [1.165, 1.54) is 48.2 Å². The normalized spacial score (nSPS) is 14.2. The minimum absolute atomic E-state index is 0.381. The molecule has 0 unspecified atom stereocenters. The lowest BCUT2D eigenvalue weighted by molar-refractivity contribution is 0.319. The van der Waals surface area contributed by atoms with Crippen LogP contribution in [-0.4, -0.2) is 29.1 Å². The fraction of sp³-hybridized carbons (Fsp3) is 0.500. The molecule has 1 aliphatic rings. The standard InChI is InChI=1S/C26H37N3S/c1-5-16-28-17-10-12-23-18-21(14-15-25(23)28)19-29(20(4)6-2)26(30)27-24-13-9-8-11-22(24)7-3/h8-9,11,13-15,18,20H,5-7,10,12,16-17,19H2,1-4H3,(H,27,30)/t20-/m1/s1. The summed E-state index contributed by atoms with van der Waals surface area (Å²) in [5, 5.41) is 4.35. The highest BCUT2D eigenvalue weighted by molar-refractivity contribution is 7.80. The van der Waals surface area contributed by atoms with Gasteiger partial charge in [0.1, 0.15) is 0 Å². The molecule has 0 bridgehead atoms. The second-order valence-corrected chi connectivity index (χ2v) is 8.77. The summed E-state index contributed by atoms with van der Waals surface area (Å²) < 4.78 is 0. The lowest BCUT2D eigenvalue weighted by Crippen LogP contribution is -2.40. The van der Waals surface area contributed by atoms with E-state index in [0.717, 1.165) is 36.7 Å². The molecule has 0 amide bonds. The Morgan fingerprint density at radius 2 is 1.97 bits per heavy atom. The number of hydrogen-bond acceptors (Lipinski definition) is 2. The number of benzene rings is 2. The second kappa shape index (κ2) is 10.8. The van der Waals surface area contributed by atoms with Crippen LogP contribution in [-0.2, 0) is 19.4 Å². The molecule has 162 valence electrons. The maximum atomic E-state index is 5.89. The predicted molar refractivity (Wildman–Crippen MR) is 135 cm³/mol. The Morgan fingerprint density at radius 3 is 2.70 bits per heavy atom. The molecule has 0 saturated carbocycles. The summed E-state index contributed by atoms with van der Waals surface area (Å²) in [5.74, 6) is 0. The van der Waals surface area contributed by atoms with Crippen molar-refractivity contribution in [3.63, 3.8) is 0 Å². The Labute approximate surface area is 188 Å². The van der Waals surface area contributed by atoms with Gasteiger partial charge in [0.2, 0.25) is 0 Å². The van der Waals surface area contributed by atoms with Gasteiger partial charge >= 0.3 is 0 Å². The highest BCUT2D eigenvalue weighted by atomic mass is 32.1. The summed E-state index contributed by atoms with van der Waals surface area (Å²) in [4.78, 5) is 4.89. The van der Waals surface area contributed by atoms with E-state index in [0.29, 0.717) is 6.04 Å². The van der Waals surface area contributed by atoms with Gasteiger partial charge in [-0.3, -0.25) is 0 Å². The van der Waals surface area contributed by atoms with Crippen molar-refractivity contribution in [2.45, 2.75) is 72.4 Å². The molecule has 1 heterocycles. The van der Waals surface area contributed by atoms with Gasteiger partial charge in [0.05, 0.1) is 0 Å². The third kappa shape index (κ3) is 5.34. The molecule has 0 spiro atoms. The third-order valence-corrected chi connectivity index (χ3v) is 6.57. The minimum atomic E-state index is 0.381. The van der Waals surface area contributed by atoms with E-state index in [1.54, 1.807) is 0 Å². The fourth-order valence-corrected chi connectivity index (χ4v) is 4.67. The zero-order valence-electron chi connectivity index (χ0n) is 19.1. The molecule has 1 atom stereocenters. The Morgan fingerprint density at radius 1 is 1.17 bits per heavy atom. The van der Waals surface area contributed by atoms with Gasteiger partial charge in [-0.15, -0.1) is 0 Å². The van der Waals surface area contributed by atoms with Crippen LogP contribution in [0.5, 0.6) is 0 Å². The van der Waals surface area contributed by atoms with Gasteiger partial charge in [-0.05, 0) is 80.1 Å². The molecule has 30 heavy (non-hydrogen) atoms. The first-order valence-electron chi connectivity index (χ1n) is 11.6. The lowest BCUT2D eigenvalue weighted by atomic mass is 9.98. The van der Waals surface area contributed by atoms with Crippen LogP contribution >= 0.6 is 12.2 Å². The quantitative estimate of drug-likeness (QED) is 0.494. The Balaban J connectivity index is 1.79. The van der Waals surface area contributed by atoms with E-state index in [9.17, 15) is 0 Å². The molecule has 0 radical (unpaired) electrons. The van der Waals surface area contributed by atoms with Gasteiger partial charge in [-0.2, -0.15) is 0 Å². The van der Waals surface area contributed by atoms with Crippen molar-refractivity contribution in [1.29, 1.82) is 0 Å². The molecule has 0 aromatic heterocycles. The first-order chi connectivity index (χ1) is 14.6. The summed E-state index contributed by atoms with van der Waals surface area (Å²) in [5.41, 5.74) is 6.69. The van der Waals surface area contributed by atoms with Gasteiger partial charge < -0.3 is 15.1 Å². The minimum Gasteiger partial charge on any atom is -0.371 e. The summed E-state index contributed by atoms with van der Waals surface area (Å²) in [6.07, 6.45) is 5.68. The summed E-state index contributed by atoms with van der Waals surface area (Å²) in [6.45, 7) is 12.1. The van der Waals surface area contributed by atoms with Gasteiger partial charge in [0.25, 0.3) is 0 Å². The van der Waals surface area contributed by atoms with Gasteiger partial charge in [0, 0.05) is 37.1 Å². The highest BCUT2D eigenvalue weighted by Crippen LogP contribution is 2.29. The molecule has 4 heteroatoms. The van der Waals surface area contributed by atoms with Crippen molar-refractivity contribution < 1.29 is 0 Å². The molecule has 3 nitrogen and oxygen atoms in total. The van der Waals surface area contributed by atoms with Crippen molar-refractivity contribution >= 4 is 28.7 Å².